The van der Waals surface area contributed by atoms with Gasteiger partial charge < -0.3 is 5.32 Å². The third-order valence-corrected chi connectivity index (χ3v) is 10.5. The van der Waals surface area contributed by atoms with Crippen molar-refractivity contribution in [2.75, 3.05) is 0 Å². The molecule has 0 unspecified atom stereocenters. The normalized spacial score (nSPS) is 13.9. The van der Waals surface area contributed by atoms with E-state index in [-0.39, 0.29) is 5.41 Å². The minimum absolute atomic E-state index is 0.0715. The van der Waals surface area contributed by atoms with Crippen molar-refractivity contribution < 1.29 is 0 Å². The molecule has 1 aliphatic carbocycles. The molecule has 208 valence electrons. The summed E-state index contributed by atoms with van der Waals surface area (Å²) < 4.78 is 2.74. The van der Waals surface area contributed by atoms with Crippen LogP contribution in [0.25, 0.3) is 47.8 Å². The smallest absolute Gasteiger partial charge is 0.0400 e. The molecule has 6 aromatic carbocycles. The predicted octanol–water partition coefficient (Wildman–Crippen LogP) is 10.9. The van der Waals surface area contributed by atoms with Crippen LogP contribution in [0.3, 0.4) is 0 Å². The molecule has 0 spiro atoms. The number of rotatable bonds is 6. The van der Waals surface area contributed by atoms with E-state index < -0.39 is 0 Å². The highest BCUT2D eigenvalue weighted by Crippen LogP contribution is 2.52. The highest BCUT2D eigenvalue weighted by molar-refractivity contribution is 7.26. The summed E-state index contributed by atoms with van der Waals surface area (Å²) in [6.45, 7) is 5.52. The molecule has 1 heterocycles. The van der Waals surface area contributed by atoms with E-state index in [9.17, 15) is 0 Å². The predicted molar refractivity (Wildman–Crippen MR) is 186 cm³/mol. The zero-order valence-electron chi connectivity index (χ0n) is 24.5. The van der Waals surface area contributed by atoms with Crippen LogP contribution in [0.1, 0.15) is 41.7 Å². The van der Waals surface area contributed by atoms with E-state index in [4.69, 9.17) is 0 Å². The van der Waals surface area contributed by atoms with Gasteiger partial charge in [-0.15, -0.1) is 11.3 Å². The quantitative estimate of drug-likeness (QED) is 0.209. The molecule has 0 radical (unpaired) electrons. The fourth-order valence-corrected chi connectivity index (χ4v) is 8.17. The summed E-state index contributed by atoms with van der Waals surface area (Å²) in [6.07, 6.45) is 3.28. The van der Waals surface area contributed by atoms with Gasteiger partial charge >= 0.3 is 0 Å². The van der Waals surface area contributed by atoms with Gasteiger partial charge in [0.1, 0.15) is 0 Å². The third kappa shape index (κ3) is 4.37. The van der Waals surface area contributed by atoms with Gasteiger partial charge in [0, 0.05) is 43.4 Å². The van der Waals surface area contributed by atoms with Crippen LogP contribution in [0.15, 0.2) is 133 Å². The molecule has 0 fully saturated rings. The Morgan fingerprint density at radius 1 is 0.698 bits per heavy atom. The van der Waals surface area contributed by atoms with Gasteiger partial charge in [-0.3, -0.25) is 0 Å². The van der Waals surface area contributed by atoms with Crippen LogP contribution in [-0.2, 0) is 18.4 Å². The Kier molecular flexibility index (Phi) is 6.20. The summed E-state index contributed by atoms with van der Waals surface area (Å²) in [7, 11) is 0. The Morgan fingerprint density at radius 3 is 2.28 bits per heavy atom. The molecule has 0 atom stereocenters. The van der Waals surface area contributed by atoms with Crippen molar-refractivity contribution in [3.05, 3.63) is 161 Å². The second-order valence-corrected chi connectivity index (χ2v) is 13.2. The van der Waals surface area contributed by atoms with Crippen LogP contribution >= 0.6 is 11.3 Å². The number of hydrogen-bond acceptors (Lipinski definition) is 2. The van der Waals surface area contributed by atoms with Gasteiger partial charge in [0.15, 0.2) is 0 Å². The van der Waals surface area contributed by atoms with Crippen molar-refractivity contribution in [3.63, 3.8) is 0 Å². The van der Waals surface area contributed by atoms with Gasteiger partial charge in [-0.1, -0.05) is 129 Å². The number of allylic oxidation sites excluding steroid dienone is 1. The van der Waals surface area contributed by atoms with Gasteiger partial charge in [0.25, 0.3) is 0 Å². The van der Waals surface area contributed by atoms with Crippen molar-refractivity contribution in [1.29, 1.82) is 0 Å². The zero-order chi connectivity index (χ0) is 29.0. The van der Waals surface area contributed by atoms with E-state index in [2.05, 4.69) is 153 Å². The highest BCUT2D eigenvalue weighted by Gasteiger charge is 2.37. The monoisotopic (exact) mass is 571 g/mol. The lowest BCUT2D eigenvalue weighted by Gasteiger charge is -2.22. The summed E-state index contributed by atoms with van der Waals surface area (Å²) in [5, 5.41) is 9.19. The first-order chi connectivity index (χ1) is 21.1. The lowest BCUT2D eigenvalue weighted by atomic mass is 9.81. The largest absolute Gasteiger partial charge is 0.381 e. The summed E-state index contributed by atoms with van der Waals surface area (Å²) in [6, 6.07) is 46.7. The second-order valence-electron chi connectivity index (χ2n) is 12.2. The van der Waals surface area contributed by atoms with E-state index in [1.54, 1.807) is 0 Å². The molecule has 1 N–H and O–H groups in total. The third-order valence-electron chi connectivity index (χ3n) is 9.19. The van der Waals surface area contributed by atoms with Crippen LogP contribution < -0.4 is 5.32 Å². The van der Waals surface area contributed by atoms with E-state index >= 15 is 0 Å². The Bertz CT molecular complexity index is 2180. The van der Waals surface area contributed by atoms with Crippen LogP contribution in [0.5, 0.6) is 0 Å². The molecule has 0 bridgehead atoms. The lowest BCUT2D eigenvalue weighted by molar-refractivity contribution is 0.661. The van der Waals surface area contributed by atoms with E-state index in [0.717, 1.165) is 13.0 Å². The van der Waals surface area contributed by atoms with E-state index in [0.29, 0.717) is 0 Å². The van der Waals surface area contributed by atoms with Crippen molar-refractivity contribution >= 4 is 48.0 Å². The summed E-state index contributed by atoms with van der Waals surface area (Å²) >= 11 is 1.91. The topological polar surface area (TPSA) is 12.0 Å². The van der Waals surface area contributed by atoms with Crippen molar-refractivity contribution in [2.24, 2.45) is 0 Å². The molecular weight excluding hydrogens is 539 g/mol. The standard InChI is InChI=1S/C41H33NS/c1-41(2)35-20-11-19-33(39(35)34-24-29-14-6-7-15-30(29)25-36(34)41)37(42-26-27-12-4-3-5-13-27)23-22-28-16-10-18-32-31-17-8-9-21-38(31)43-40(28)32/h3-21,23-25,42H,22,26H2,1-2H3/b37-23-. The molecule has 0 aliphatic heterocycles. The van der Waals surface area contributed by atoms with Crippen LogP contribution in [0, 0.1) is 0 Å². The average molecular weight is 572 g/mol. The van der Waals surface area contributed by atoms with Gasteiger partial charge in [0.2, 0.25) is 0 Å². The number of nitrogens with one attached hydrogen (secondary N) is 1. The van der Waals surface area contributed by atoms with Gasteiger partial charge in [-0.25, -0.2) is 0 Å². The number of fused-ring (bicyclic) bond motifs is 7. The van der Waals surface area contributed by atoms with Crippen LogP contribution in [-0.4, -0.2) is 0 Å². The number of hydrogen-bond donors (Lipinski definition) is 1. The van der Waals surface area contributed by atoms with Gasteiger partial charge in [-0.2, -0.15) is 0 Å². The first-order valence-electron chi connectivity index (χ1n) is 15.1. The summed E-state index contributed by atoms with van der Waals surface area (Å²) in [5.74, 6) is 0. The van der Waals surface area contributed by atoms with Crippen molar-refractivity contribution in [1.82, 2.24) is 5.32 Å². The summed E-state index contributed by atoms with van der Waals surface area (Å²) in [4.78, 5) is 0. The van der Waals surface area contributed by atoms with Crippen molar-refractivity contribution in [2.45, 2.75) is 32.2 Å². The molecule has 0 saturated carbocycles. The Labute approximate surface area is 257 Å². The molecule has 8 rings (SSSR count). The maximum atomic E-state index is 3.89. The Morgan fingerprint density at radius 2 is 1.42 bits per heavy atom. The Hall–Kier alpha value is -4.66. The maximum Gasteiger partial charge on any atom is 0.0400 e. The molecule has 1 nitrogen and oxygen atoms in total. The second kappa shape index (κ2) is 10.3. The lowest BCUT2D eigenvalue weighted by Crippen LogP contribution is -2.16. The first-order valence-corrected chi connectivity index (χ1v) is 15.9. The number of thiophene rings is 1. The number of benzene rings is 6. The van der Waals surface area contributed by atoms with Crippen molar-refractivity contribution in [3.8, 4) is 11.1 Å². The zero-order valence-corrected chi connectivity index (χ0v) is 25.3. The molecule has 7 aromatic rings. The molecule has 1 aromatic heterocycles. The SMILES string of the molecule is CC1(C)c2cc3ccccc3cc2-c2c(/C(=C/Cc3cccc4c3sc3ccccc34)NCc3ccccc3)cccc21. The molecule has 0 amide bonds. The molecular formula is C41H33NS. The Balaban J connectivity index is 1.28. The fraction of sp³-hybridized carbons (Fsp3) is 0.122. The van der Waals surface area contributed by atoms with Gasteiger partial charge in [0.05, 0.1) is 0 Å². The van der Waals surface area contributed by atoms with Gasteiger partial charge in [-0.05, 0) is 68.8 Å². The van der Waals surface area contributed by atoms with E-state index in [1.807, 2.05) is 11.3 Å². The van der Waals surface area contributed by atoms with E-state index in [1.165, 1.54) is 75.6 Å². The summed E-state index contributed by atoms with van der Waals surface area (Å²) in [5.41, 5.74) is 10.6. The first kappa shape index (κ1) is 26.0. The minimum Gasteiger partial charge on any atom is -0.381 e. The molecule has 43 heavy (non-hydrogen) atoms. The fourth-order valence-electron chi connectivity index (χ4n) is 6.95. The molecule has 1 aliphatic rings. The maximum absolute atomic E-state index is 3.89. The minimum atomic E-state index is -0.0715. The van der Waals surface area contributed by atoms with Crippen LogP contribution in [0.4, 0.5) is 0 Å². The molecule has 2 heteroatoms. The molecule has 0 saturated heterocycles. The highest BCUT2D eigenvalue weighted by atomic mass is 32.1. The average Bonchev–Trinajstić information content (AvgIpc) is 3.53. The van der Waals surface area contributed by atoms with Crippen LogP contribution in [0.2, 0.25) is 0 Å².